The van der Waals surface area contributed by atoms with Gasteiger partial charge < -0.3 is 24.9 Å². The van der Waals surface area contributed by atoms with Gasteiger partial charge in [-0.05, 0) is 68.1 Å². The Hall–Kier alpha value is -3.58. The molecule has 2 heterocycles. The van der Waals surface area contributed by atoms with Crippen molar-refractivity contribution in [2.24, 2.45) is 0 Å². The number of carbonyl (C=O) groups excluding carboxylic acids is 2. The summed E-state index contributed by atoms with van der Waals surface area (Å²) in [6.07, 6.45) is 1.45. The fraction of sp³-hybridized carbons (Fsp3) is 0.250. The summed E-state index contributed by atoms with van der Waals surface area (Å²) in [4.78, 5) is 29.7. The molecule has 0 radical (unpaired) electrons. The molecular weight excluding hydrogens is 392 g/mol. The normalized spacial score (nSPS) is 14.3. The van der Waals surface area contributed by atoms with Crippen molar-refractivity contribution >= 4 is 28.9 Å². The Balaban J connectivity index is 1.42. The molecule has 2 N–H and O–H groups in total. The first-order chi connectivity index (χ1) is 15.0. The minimum atomic E-state index is -0.356. The number of likely N-dealkylation sites (N-methyl/N-ethyl adjacent to an activating group) is 1. The molecule has 0 spiro atoms. The van der Waals surface area contributed by atoms with Crippen LogP contribution in [0.3, 0.4) is 0 Å². The van der Waals surface area contributed by atoms with E-state index in [4.69, 9.17) is 4.42 Å². The van der Waals surface area contributed by atoms with Gasteiger partial charge >= 0.3 is 0 Å². The van der Waals surface area contributed by atoms with Gasteiger partial charge in [-0.2, -0.15) is 0 Å². The molecule has 3 aromatic rings. The molecule has 1 aromatic heterocycles. The highest BCUT2D eigenvalue weighted by molar-refractivity contribution is 6.07. The molecule has 0 atom stereocenters. The number of nitrogens with one attached hydrogen (secondary N) is 2. The molecule has 7 nitrogen and oxygen atoms in total. The van der Waals surface area contributed by atoms with Gasteiger partial charge in [-0.25, -0.2) is 0 Å². The maximum absolute atomic E-state index is 12.8. The Bertz CT molecular complexity index is 1050. The zero-order chi connectivity index (χ0) is 21.8. The van der Waals surface area contributed by atoms with Crippen LogP contribution < -0.4 is 15.5 Å². The van der Waals surface area contributed by atoms with Gasteiger partial charge in [-0.3, -0.25) is 9.59 Å². The van der Waals surface area contributed by atoms with Crippen LogP contribution in [0.2, 0.25) is 0 Å². The van der Waals surface area contributed by atoms with Crippen LogP contribution in [0.5, 0.6) is 0 Å². The maximum Gasteiger partial charge on any atom is 0.291 e. The number of aryl methyl sites for hydroxylation is 1. The average molecular weight is 418 g/mol. The van der Waals surface area contributed by atoms with Crippen LogP contribution in [0, 0.1) is 6.92 Å². The van der Waals surface area contributed by atoms with Gasteiger partial charge in [0.25, 0.3) is 11.8 Å². The number of anilines is 3. The van der Waals surface area contributed by atoms with Gasteiger partial charge in [-0.1, -0.05) is 6.07 Å². The summed E-state index contributed by atoms with van der Waals surface area (Å²) in [5.74, 6) is -0.374. The van der Waals surface area contributed by atoms with Gasteiger partial charge in [0.05, 0.1) is 6.26 Å². The van der Waals surface area contributed by atoms with E-state index in [2.05, 4.69) is 27.5 Å². The van der Waals surface area contributed by atoms with Gasteiger partial charge in [0, 0.05) is 48.8 Å². The van der Waals surface area contributed by atoms with E-state index >= 15 is 0 Å². The van der Waals surface area contributed by atoms with Gasteiger partial charge in [0.1, 0.15) is 0 Å². The Labute approximate surface area is 181 Å². The van der Waals surface area contributed by atoms with Crippen molar-refractivity contribution < 1.29 is 14.0 Å². The van der Waals surface area contributed by atoms with E-state index in [1.165, 1.54) is 6.26 Å². The molecule has 7 heteroatoms. The van der Waals surface area contributed by atoms with Crippen molar-refractivity contribution in [2.45, 2.75) is 6.92 Å². The molecule has 0 bridgehead atoms. The topological polar surface area (TPSA) is 77.8 Å². The highest BCUT2D eigenvalue weighted by Gasteiger charge is 2.15. The Morgan fingerprint density at radius 3 is 2.32 bits per heavy atom. The summed E-state index contributed by atoms with van der Waals surface area (Å²) < 4.78 is 5.13. The fourth-order valence-corrected chi connectivity index (χ4v) is 3.51. The summed E-state index contributed by atoms with van der Waals surface area (Å²) in [6, 6.07) is 16.4. The molecule has 0 saturated carbocycles. The van der Waals surface area contributed by atoms with Crippen LogP contribution in [0.25, 0.3) is 0 Å². The third-order valence-electron chi connectivity index (χ3n) is 5.49. The van der Waals surface area contributed by atoms with E-state index in [-0.39, 0.29) is 17.6 Å². The van der Waals surface area contributed by atoms with Crippen LogP contribution in [0.1, 0.15) is 26.5 Å². The Morgan fingerprint density at radius 1 is 0.903 bits per heavy atom. The molecule has 1 saturated heterocycles. The van der Waals surface area contributed by atoms with Crippen LogP contribution >= 0.6 is 0 Å². The number of hydrogen-bond acceptors (Lipinski definition) is 5. The van der Waals surface area contributed by atoms with E-state index in [0.717, 1.165) is 43.1 Å². The van der Waals surface area contributed by atoms with Crippen molar-refractivity contribution in [2.75, 3.05) is 48.8 Å². The molecule has 160 valence electrons. The van der Waals surface area contributed by atoms with Crippen LogP contribution in [-0.4, -0.2) is 49.9 Å². The summed E-state index contributed by atoms with van der Waals surface area (Å²) in [6.45, 7) is 5.96. The van der Waals surface area contributed by atoms with Crippen LogP contribution in [0.4, 0.5) is 17.1 Å². The molecular formula is C24H26N4O3. The highest BCUT2D eigenvalue weighted by Crippen LogP contribution is 2.22. The zero-order valence-corrected chi connectivity index (χ0v) is 17.7. The number of carbonyl (C=O) groups is 2. The van der Waals surface area contributed by atoms with E-state index < -0.39 is 0 Å². The molecule has 1 aliphatic heterocycles. The van der Waals surface area contributed by atoms with Gasteiger partial charge in [-0.15, -0.1) is 0 Å². The van der Waals surface area contributed by atoms with Crippen molar-refractivity contribution in [3.05, 3.63) is 77.7 Å². The lowest BCUT2D eigenvalue weighted by Gasteiger charge is -2.34. The van der Waals surface area contributed by atoms with Crippen molar-refractivity contribution in [1.29, 1.82) is 0 Å². The Morgan fingerprint density at radius 2 is 1.65 bits per heavy atom. The lowest BCUT2D eigenvalue weighted by Crippen LogP contribution is -2.44. The molecule has 2 aromatic carbocycles. The smallest absolute Gasteiger partial charge is 0.291 e. The molecule has 1 fully saturated rings. The minimum absolute atomic E-state index is 0.217. The van der Waals surface area contributed by atoms with Gasteiger partial charge in [0.2, 0.25) is 0 Å². The van der Waals surface area contributed by atoms with E-state index in [1.54, 1.807) is 24.3 Å². The number of piperazine rings is 1. The quantitative estimate of drug-likeness (QED) is 0.658. The first kappa shape index (κ1) is 20.7. The molecule has 4 rings (SSSR count). The first-order valence-corrected chi connectivity index (χ1v) is 10.3. The number of benzene rings is 2. The number of nitrogens with zero attached hydrogens (tertiary/aromatic N) is 2. The number of furan rings is 1. The molecule has 0 aliphatic carbocycles. The van der Waals surface area contributed by atoms with E-state index in [0.29, 0.717) is 11.3 Å². The Kier molecular flexibility index (Phi) is 6.04. The number of rotatable bonds is 5. The zero-order valence-electron chi connectivity index (χ0n) is 17.7. The maximum atomic E-state index is 12.8. The second kappa shape index (κ2) is 9.06. The lowest BCUT2D eigenvalue weighted by atomic mass is 10.1. The summed E-state index contributed by atoms with van der Waals surface area (Å²) in [5, 5.41) is 5.72. The van der Waals surface area contributed by atoms with Gasteiger partial charge in [0.15, 0.2) is 5.76 Å². The number of amides is 2. The van der Waals surface area contributed by atoms with E-state index in [1.807, 2.05) is 37.3 Å². The minimum Gasteiger partial charge on any atom is -0.459 e. The van der Waals surface area contributed by atoms with Crippen LogP contribution in [-0.2, 0) is 0 Å². The van der Waals surface area contributed by atoms with Crippen molar-refractivity contribution in [1.82, 2.24) is 4.90 Å². The average Bonchev–Trinajstić information content (AvgIpc) is 3.31. The van der Waals surface area contributed by atoms with Crippen molar-refractivity contribution in [3.8, 4) is 0 Å². The molecule has 31 heavy (non-hydrogen) atoms. The number of hydrogen-bond donors (Lipinski definition) is 2. The predicted molar refractivity (Wildman–Crippen MR) is 122 cm³/mol. The van der Waals surface area contributed by atoms with Crippen molar-refractivity contribution in [3.63, 3.8) is 0 Å². The third-order valence-corrected chi connectivity index (χ3v) is 5.49. The SMILES string of the molecule is Cc1ccc(C(=O)Nc2ccc(N3CCN(C)CC3)cc2)cc1NC(=O)c1ccco1. The molecule has 1 aliphatic rings. The predicted octanol–water partition coefficient (Wildman–Crippen LogP) is 3.84. The standard InChI is InChI=1S/C24H26N4O3/c1-17-5-6-18(16-21(17)26-24(30)22-4-3-15-31-22)23(29)25-19-7-9-20(10-8-19)28-13-11-27(2)12-14-28/h3-10,15-16H,11-14H2,1-2H3,(H,25,29)(H,26,30). The second-order valence-electron chi connectivity index (χ2n) is 7.75. The van der Waals surface area contributed by atoms with E-state index in [9.17, 15) is 9.59 Å². The third kappa shape index (κ3) is 4.95. The molecule has 2 amide bonds. The summed E-state index contributed by atoms with van der Waals surface area (Å²) >= 11 is 0. The van der Waals surface area contributed by atoms with Crippen LogP contribution in [0.15, 0.2) is 65.3 Å². The summed E-state index contributed by atoms with van der Waals surface area (Å²) in [7, 11) is 2.13. The summed E-state index contributed by atoms with van der Waals surface area (Å²) in [5.41, 5.74) is 3.77. The molecule has 0 unspecified atom stereocenters. The second-order valence-corrected chi connectivity index (χ2v) is 7.75. The largest absolute Gasteiger partial charge is 0.459 e. The monoisotopic (exact) mass is 418 g/mol. The highest BCUT2D eigenvalue weighted by atomic mass is 16.3. The lowest BCUT2D eigenvalue weighted by molar-refractivity contribution is 0.0993. The fourth-order valence-electron chi connectivity index (χ4n) is 3.51. The first-order valence-electron chi connectivity index (χ1n) is 10.3.